The SMILES string of the molecule is CC(C)(C)CC1(C(=O)O)CCC(C(=O)OCc2ccccc2)CC1. The van der Waals surface area contributed by atoms with Gasteiger partial charge in [-0.25, -0.2) is 0 Å². The van der Waals surface area contributed by atoms with Crippen molar-refractivity contribution in [2.45, 2.75) is 59.5 Å². The molecule has 0 radical (unpaired) electrons. The number of carboxylic acid groups (broad SMARTS) is 1. The summed E-state index contributed by atoms with van der Waals surface area (Å²) < 4.78 is 5.41. The van der Waals surface area contributed by atoms with Crippen LogP contribution in [0.25, 0.3) is 0 Å². The summed E-state index contributed by atoms with van der Waals surface area (Å²) in [5, 5.41) is 9.71. The lowest BCUT2D eigenvalue weighted by Gasteiger charge is -2.40. The monoisotopic (exact) mass is 332 g/mol. The highest BCUT2D eigenvalue weighted by molar-refractivity contribution is 5.76. The highest BCUT2D eigenvalue weighted by Crippen LogP contribution is 2.46. The van der Waals surface area contributed by atoms with E-state index in [1.807, 2.05) is 30.3 Å². The lowest BCUT2D eigenvalue weighted by atomic mass is 9.64. The molecular formula is C20H28O4. The molecule has 0 heterocycles. The molecule has 1 aliphatic carbocycles. The molecule has 1 saturated carbocycles. The van der Waals surface area contributed by atoms with Gasteiger partial charge >= 0.3 is 11.9 Å². The summed E-state index contributed by atoms with van der Waals surface area (Å²) in [6, 6.07) is 9.60. The highest BCUT2D eigenvalue weighted by Gasteiger charge is 2.45. The third-order valence-electron chi connectivity index (χ3n) is 4.82. The Balaban J connectivity index is 1.90. The molecule has 1 aliphatic rings. The van der Waals surface area contributed by atoms with Gasteiger partial charge in [-0.05, 0) is 43.1 Å². The Bertz CT molecular complexity index is 563. The molecule has 132 valence electrons. The summed E-state index contributed by atoms with van der Waals surface area (Å²) >= 11 is 0. The molecule has 0 aliphatic heterocycles. The Labute approximate surface area is 144 Å². The zero-order chi connectivity index (χ0) is 17.8. The van der Waals surface area contributed by atoms with E-state index in [1.54, 1.807) is 0 Å². The Kier molecular flexibility index (Phi) is 5.68. The van der Waals surface area contributed by atoms with Crippen LogP contribution in [-0.2, 0) is 20.9 Å². The van der Waals surface area contributed by atoms with Gasteiger partial charge in [-0.15, -0.1) is 0 Å². The summed E-state index contributed by atoms with van der Waals surface area (Å²) in [5.41, 5.74) is 0.224. The summed E-state index contributed by atoms with van der Waals surface area (Å²) in [6.07, 6.45) is 2.92. The van der Waals surface area contributed by atoms with Crippen LogP contribution in [0.5, 0.6) is 0 Å². The number of esters is 1. The molecule has 1 aromatic carbocycles. The molecule has 0 spiro atoms. The molecule has 1 fully saturated rings. The first kappa shape index (κ1) is 18.5. The first-order valence-corrected chi connectivity index (χ1v) is 8.66. The summed E-state index contributed by atoms with van der Waals surface area (Å²) in [7, 11) is 0. The minimum atomic E-state index is -0.728. The molecule has 24 heavy (non-hydrogen) atoms. The number of ether oxygens (including phenoxy) is 1. The largest absolute Gasteiger partial charge is 0.481 e. The van der Waals surface area contributed by atoms with Crippen molar-refractivity contribution in [1.82, 2.24) is 0 Å². The zero-order valence-electron chi connectivity index (χ0n) is 14.9. The van der Waals surface area contributed by atoms with E-state index in [0.717, 1.165) is 5.56 Å². The number of carboxylic acids is 1. The van der Waals surface area contributed by atoms with Crippen molar-refractivity contribution < 1.29 is 19.4 Å². The Morgan fingerprint density at radius 3 is 2.25 bits per heavy atom. The minimum Gasteiger partial charge on any atom is -0.481 e. The average molecular weight is 332 g/mol. The molecule has 0 aromatic heterocycles. The second kappa shape index (κ2) is 7.37. The smallest absolute Gasteiger partial charge is 0.309 e. The van der Waals surface area contributed by atoms with E-state index < -0.39 is 11.4 Å². The van der Waals surface area contributed by atoms with E-state index in [1.165, 1.54) is 0 Å². The van der Waals surface area contributed by atoms with Crippen molar-refractivity contribution >= 4 is 11.9 Å². The summed E-state index contributed by atoms with van der Waals surface area (Å²) in [5.74, 6) is -1.11. The Hall–Kier alpha value is -1.84. The number of carbonyl (C=O) groups is 2. The molecule has 0 saturated heterocycles. The molecule has 0 amide bonds. The summed E-state index contributed by atoms with van der Waals surface area (Å²) in [4.78, 5) is 24.1. The second-order valence-corrected chi connectivity index (χ2v) is 8.19. The number of rotatable bonds is 5. The van der Waals surface area contributed by atoms with E-state index in [-0.39, 0.29) is 23.9 Å². The number of hydrogen-bond acceptors (Lipinski definition) is 3. The number of hydrogen-bond donors (Lipinski definition) is 1. The van der Waals surface area contributed by atoms with Crippen molar-refractivity contribution in [2.75, 3.05) is 0 Å². The van der Waals surface area contributed by atoms with Crippen LogP contribution in [0.15, 0.2) is 30.3 Å². The number of aliphatic carboxylic acids is 1. The normalized spacial score (nSPS) is 24.4. The quantitative estimate of drug-likeness (QED) is 0.810. The lowest BCUT2D eigenvalue weighted by Crippen LogP contribution is -2.40. The van der Waals surface area contributed by atoms with Gasteiger partial charge < -0.3 is 9.84 Å². The first-order chi connectivity index (χ1) is 11.2. The predicted octanol–water partition coefficient (Wildman–Crippen LogP) is 4.43. The van der Waals surface area contributed by atoms with E-state index in [2.05, 4.69) is 20.8 Å². The third-order valence-corrected chi connectivity index (χ3v) is 4.82. The fourth-order valence-electron chi connectivity index (χ4n) is 3.73. The first-order valence-electron chi connectivity index (χ1n) is 8.66. The maximum absolute atomic E-state index is 12.3. The Morgan fingerprint density at radius 1 is 1.17 bits per heavy atom. The molecule has 2 rings (SSSR count). The van der Waals surface area contributed by atoms with Gasteiger partial charge in [0, 0.05) is 0 Å². The van der Waals surface area contributed by atoms with E-state index in [4.69, 9.17) is 4.74 Å². The van der Waals surface area contributed by atoms with Crippen molar-refractivity contribution in [1.29, 1.82) is 0 Å². The van der Waals surface area contributed by atoms with Gasteiger partial charge in [0.05, 0.1) is 11.3 Å². The average Bonchev–Trinajstić information content (AvgIpc) is 2.52. The van der Waals surface area contributed by atoms with Crippen LogP contribution in [0.4, 0.5) is 0 Å². The molecule has 0 atom stereocenters. The molecular weight excluding hydrogens is 304 g/mol. The molecule has 1 aromatic rings. The Morgan fingerprint density at radius 2 is 1.75 bits per heavy atom. The maximum Gasteiger partial charge on any atom is 0.309 e. The zero-order valence-corrected chi connectivity index (χ0v) is 14.9. The third kappa shape index (κ3) is 4.83. The fourth-order valence-corrected chi connectivity index (χ4v) is 3.73. The van der Waals surface area contributed by atoms with Crippen LogP contribution in [0.2, 0.25) is 0 Å². The van der Waals surface area contributed by atoms with E-state index in [9.17, 15) is 14.7 Å². The van der Waals surface area contributed by atoms with E-state index >= 15 is 0 Å². The molecule has 0 unspecified atom stereocenters. The minimum absolute atomic E-state index is 0.0426. The van der Waals surface area contributed by atoms with Crippen LogP contribution in [0.1, 0.15) is 58.4 Å². The maximum atomic E-state index is 12.3. The lowest BCUT2D eigenvalue weighted by molar-refractivity contribution is -0.160. The number of benzene rings is 1. The van der Waals surface area contributed by atoms with Gasteiger partial charge in [-0.2, -0.15) is 0 Å². The van der Waals surface area contributed by atoms with Gasteiger partial charge in [0.25, 0.3) is 0 Å². The van der Waals surface area contributed by atoms with Gasteiger partial charge in [0.1, 0.15) is 6.61 Å². The highest BCUT2D eigenvalue weighted by atomic mass is 16.5. The molecule has 4 nitrogen and oxygen atoms in total. The second-order valence-electron chi connectivity index (χ2n) is 8.19. The standard InChI is InChI=1S/C20H28O4/c1-19(2,3)14-20(18(22)23)11-9-16(10-12-20)17(21)24-13-15-7-5-4-6-8-15/h4-8,16H,9-14H2,1-3H3,(H,22,23). The van der Waals surface area contributed by atoms with Crippen LogP contribution >= 0.6 is 0 Å². The predicted molar refractivity (Wildman–Crippen MR) is 92.3 cm³/mol. The van der Waals surface area contributed by atoms with Crippen LogP contribution in [0, 0.1) is 16.7 Å². The van der Waals surface area contributed by atoms with E-state index in [0.29, 0.717) is 32.1 Å². The fraction of sp³-hybridized carbons (Fsp3) is 0.600. The van der Waals surface area contributed by atoms with Crippen LogP contribution in [-0.4, -0.2) is 17.0 Å². The topological polar surface area (TPSA) is 63.6 Å². The van der Waals surface area contributed by atoms with Gasteiger partial charge in [0.15, 0.2) is 0 Å². The van der Waals surface area contributed by atoms with Crippen molar-refractivity contribution in [2.24, 2.45) is 16.7 Å². The van der Waals surface area contributed by atoms with Crippen LogP contribution < -0.4 is 0 Å². The molecule has 0 bridgehead atoms. The molecule has 1 N–H and O–H groups in total. The van der Waals surface area contributed by atoms with Crippen molar-refractivity contribution in [3.8, 4) is 0 Å². The van der Waals surface area contributed by atoms with Crippen molar-refractivity contribution in [3.63, 3.8) is 0 Å². The summed E-state index contributed by atoms with van der Waals surface area (Å²) in [6.45, 7) is 6.48. The van der Waals surface area contributed by atoms with Gasteiger partial charge in [-0.1, -0.05) is 51.1 Å². The van der Waals surface area contributed by atoms with Gasteiger partial charge in [-0.3, -0.25) is 9.59 Å². The molecule has 4 heteroatoms. The van der Waals surface area contributed by atoms with Crippen molar-refractivity contribution in [3.05, 3.63) is 35.9 Å². The number of carbonyl (C=O) groups excluding carboxylic acids is 1. The van der Waals surface area contributed by atoms with Crippen LogP contribution in [0.3, 0.4) is 0 Å². The van der Waals surface area contributed by atoms with Gasteiger partial charge in [0.2, 0.25) is 0 Å².